The van der Waals surface area contributed by atoms with Gasteiger partial charge in [0.25, 0.3) is 0 Å². The lowest BCUT2D eigenvalue weighted by atomic mass is 9.64. The first-order chi connectivity index (χ1) is 8.27. The van der Waals surface area contributed by atoms with E-state index in [1.165, 1.54) is 51.4 Å². The molecule has 0 radical (unpaired) electrons. The molecule has 0 spiro atoms. The minimum atomic E-state index is -0.635. The molecule has 0 aliphatic heterocycles. The second-order valence-electron chi connectivity index (χ2n) is 6.04. The molecular formula is C15H26O2. The number of hydrogen-bond acceptors (Lipinski definition) is 1. The molecule has 2 rings (SSSR count). The Morgan fingerprint density at radius 1 is 1.00 bits per heavy atom. The summed E-state index contributed by atoms with van der Waals surface area (Å²) in [4.78, 5) is 10.5. The van der Waals surface area contributed by atoms with E-state index in [9.17, 15) is 4.79 Å². The Labute approximate surface area is 105 Å². The van der Waals surface area contributed by atoms with Crippen LogP contribution in [0.5, 0.6) is 0 Å². The summed E-state index contributed by atoms with van der Waals surface area (Å²) in [6.07, 6.45) is 13.8. The predicted molar refractivity (Wildman–Crippen MR) is 68.9 cm³/mol. The fourth-order valence-corrected chi connectivity index (χ4v) is 4.11. The maximum Gasteiger partial charge on any atom is 0.303 e. The van der Waals surface area contributed by atoms with Crippen LogP contribution in [-0.4, -0.2) is 11.1 Å². The molecule has 17 heavy (non-hydrogen) atoms. The van der Waals surface area contributed by atoms with Gasteiger partial charge in [-0.1, -0.05) is 51.4 Å². The molecule has 98 valence electrons. The molecule has 2 aliphatic rings. The van der Waals surface area contributed by atoms with Gasteiger partial charge in [0.2, 0.25) is 0 Å². The second kappa shape index (κ2) is 6.42. The Morgan fingerprint density at radius 3 is 2.59 bits per heavy atom. The van der Waals surface area contributed by atoms with Crippen LogP contribution in [0.15, 0.2) is 0 Å². The monoisotopic (exact) mass is 238 g/mol. The zero-order valence-corrected chi connectivity index (χ0v) is 10.9. The normalized spacial score (nSPS) is 33.1. The van der Waals surface area contributed by atoms with Crippen molar-refractivity contribution in [2.75, 3.05) is 0 Å². The van der Waals surface area contributed by atoms with Crippen LogP contribution in [0.1, 0.15) is 70.6 Å². The highest BCUT2D eigenvalue weighted by molar-refractivity contribution is 5.66. The molecule has 2 nitrogen and oxygen atoms in total. The molecule has 0 saturated heterocycles. The van der Waals surface area contributed by atoms with E-state index in [2.05, 4.69) is 0 Å². The van der Waals surface area contributed by atoms with E-state index in [0.29, 0.717) is 6.42 Å². The summed E-state index contributed by atoms with van der Waals surface area (Å²) in [7, 11) is 0. The lowest BCUT2D eigenvalue weighted by Gasteiger charge is -2.41. The zero-order chi connectivity index (χ0) is 12.1. The summed E-state index contributed by atoms with van der Waals surface area (Å²) in [5.74, 6) is 2.29. The second-order valence-corrected chi connectivity index (χ2v) is 6.04. The summed E-state index contributed by atoms with van der Waals surface area (Å²) in [5, 5.41) is 8.64. The van der Waals surface area contributed by atoms with Crippen molar-refractivity contribution in [3.8, 4) is 0 Å². The third-order valence-corrected chi connectivity index (χ3v) is 4.94. The van der Waals surface area contributed by atoms with Gasteiger partial charge in [-0.3, -0.25) is 4.79 Å². The predicted octanol–water partition coefficient (Wildman–Crippen LogP) is 4.24. The van der Waals surface area contributed by atoms with Gasteiger partial charge in [-0.25, -0.2) is 0 Å². The van der Waals surface area contributed by atoms with Crippen LogP contribution in [0.3, 0.4) is 0 Å². The van der Waals surface area contributed by atoms with Crippen LogP contribution in [0.2, 0.25) is 0 Å². The molecule has 0 amide bonds. The molecule has 2 aliphatic carbocycles. The van der Waals surface area contributed by atoms with Crippen molar-refractivity contribution in [2.24, 2.45) is 17.8 Å². The Kier molecular flexibility index (Phi) is 4.87. The SMILES string of the molecule is O=C(O)CCCC[C@@H]1CCC[C@H]2CCCC[C@@H]12. The first-order valence-corrected chi connectivity index (χ1v) is 7.49. The molecule has 0 unspecified atom stereocenters. The van der Waals surface area contributed by atoms with Gasteiger partial charge in [0, 0.05) is 6.42 Å². The van der Waals surface area contributed by atoms with E-state index in [1.54, 1.807) is 0 Å². The Bertz CT molecular complexity index is 247. The number of aliphatic carboxylic acids is 1. The van der Waals surface area contributed by atoms with Gasteiger partial charge >= 0.3 is 5.97 Å². The van der Waals surface area contributed by atoms with Gasteiger partial charge in [-0.05, 0) is 30.6 Å². The zero-order valence-electron chi connectivity index (χ0n) is 10.9. The lowest BCUT2D eigenvalue weighted by molar-refractivity contribution is -0.137. The Hall–Kier alpha value is -0.530. The van der Waals surface area contributed by atoms with Gasteiger partial charge in [0.1, 0.15) is 0 Å². The molecule has 2 fully saturated rings. The van der Waals surface area contributed by atoms with Gasteiger partial charge in [0.05, 0.1) is 0 Å². The van der Waals surface area contributed by atoms with Crippen molar-refractivity contribution >= 4 is 5.97 Å². The Morgan fingerprint density at radius 2 is 1.76 bits per heavy atom. The van der Waals surface area contributed by atoms with Crippen LogP contribution in [0.4, 0.5) is 0 Å². The van der Waals surface area contributed by atoms with Crippen LogP contribution in [0, 0.1) is 17.8 Å². The van der Waals surface area contributed by atoms with Crippen molar-refractivity contribution in [1.82, 2.24) is 0 Å². The van der Waals surface area contributed by atoms with Crippen LogP contribution >= 0.6 is 0 Å². The summed E-state index contributed by atoms with van der Waals surface area (Å²) < 4.78 is 0. The minimum Gasteiger partial charge on any atom is -0.481 e. The van der Waals surface area contributed by atoms with Crippen LogP contribution in [0.25, 0.3) is 0 Å². The molecule has 0 bridgehead atoms. The van der Waals surface area contributed by atoms with Crippen molar-refractivity contribution < 1.29 is 9.90 Å². The average molecular weight is 238 g/mol. The third-order valence-electron chi connectivity index (χ3n) is 4.94. The number of rotatable bonds is 5. The summed E-state index contributed by atoms with van der Waals surface area (Å²) in [5.41, 5.74) is 0. The highest BCUT2D eigenvalue weighted by atomic mass is 16.4. The van der Waals surface area contributed by atoms with E-state index in [0.717, 1.165) is 30.6 Å². The standard InChI is InChI=1S/C15H26O2/c16-15(17)11-4-2-7-13-9-5-8-12-6-1-3-10-14(12)13/h12-14H,1-11H2,(H,16,17)/t12-,13-,14-/m1/s1. The molecule has 0 aromatic rings. The highest BCUT2D eigenvalue weighted by Gasteiger charge is 2.34. The Balaban J connectivity index is 1.73. The largest absolute Gasteiger partial charge is 0.481 e. The van der Waals surface area contributed by atoms with Crippen LogP contribution in [-0.2, 0) is 4.79 Å². The van der Waals surface area contributed by atoms with Gasteiger partial charge in [-0.2, -0.15) is 0 Å². The van der Waals surface area contributed by atoms with Crippen molar-refractivity contribution in [3.63, 3.8) is 0 Å². The maximum atomic E-state index is 10.5. The molecule has 1 N–H and O–H groups in total. The number of carboxylic acid groups (broad SMARTS) is 1. The van der Waals surface area contributed by atoms with E-state index in [4.69, 9.17) is 5.11 Å². The minimum absolute atomic E-state index is 0.362. The topological polar surface area (TPSA) is 37.3 Å². The van der Waals surface area contributed by atoms with E-state index in [1.807, 2.05) is 0 Å². The first kappa shape index (κ1) is 12.9. The smallest absolute Gasteiger partial charge is 0.303 e. The summed E-state index contributed by atoms with van der Waals surface area (Å²) in [6, 6.07) is 0. The van der Waals surface area contributed by atoms with Gasteiger partial charge < -0.3 is 5.11 Å². The van der Waals surface area contributed by atoms with E-state index >= 15 is 0 Å². The van der Waals surface area contributed by atoms with Crippen LogP contribution < -0.4 is 0 Å². The maximum absolute atomic E-state index is 10.5. The first-order valence-electron chi connectivity index (χ1n) is 7.49. The third kappa shape index (κ3) is 3.72. The van der Waals surface area contributed by atoms with Gasteiger partial charge in [0.15, 0.2) is 0 Å². The number of unbranched alkanes of at least 4 members (excludes halogenated alkanes) is 1. The van der Waals surface area contributed by atoms with Gasteiger partial charge in [-0.15, -0.1) is 0 Å². The molecule has 2 heteroatoms. The highest BCUT2D eigenvalue weighted by Crippen LogP contribution is 2.45. The molecule has 3 atom stereocenters. The van der Waals surface area contributed by atoms with E-state index in [-0.39, 0.29) is 0 Å². The van der Waals surface area contributed by atoms with Crippen molar-refractivity contribution in [1.29, 1.82) is 0 Å². The van der Waals surface area contributed by atoms with Crippen molar-refractivity contribution in [2.45, 2.75) is 70.6 Å². The summed E-state index contributed by atoms with van der Waals surface area (Å²) in [6.45, 7) is 0. The number of hydrogen-bond donors (Lipinski definition) is 1. The number of fused-ring (bicyclic) bond motifs is 1. The molecule has 0 aromatic carbocycles. The average Bonchev–Trinajstić information content (AvgIpc) is 2.34. The fourth-order valence-electron chi connectivity index (χ4n) is 4.11. The quantitative estimate of drug-likeness (QED) is 0.727. The number of carboxylic acids is 1. The summed E-state index contributed by atoms with van der Waals surface area (Å²) >= 11 is 0. The van der Waals surface area contributed by atoms with E-state index < -0.39 is 5.97 Å². The molecule has 2 saturated carbocycles. The lowest BCUT2D eigenvalue weighted by Crippen LogP contribution is -2.30. The fraction of sp³-hybridized carbons (Fsp3) is 0.933. The number of carbonyl (C=O) groups is 1. The molecule has 0 heterocycles. The molecule has 0 aromatic heterocycles. The molecular weight excluding hydrogens is 212 g/mol. The van der Waals surface area contributed by atoms with Crippen molar-refractivity contribution in [3.05, 3.63) is 0 Å².